The summed E-state index contributed by atoms with van der Waals surface area (Å²) in [5, 5.41) is 14.0. The number of fused-ring (bicyclic) bond motifs is 1. The van der Waals surface area contributed by atoms with Crippen LogP contribution in [-0.4, -0.2) is 103 Å². The number of methoxy groups -OCH3 is 1. The highest BCUT2D eigenvalue weighted by atomic mass is 16.7. The number of cyclic esters (lactones) is 1. The average molecular weight is 597 g/mol. The highest BCUT2D eigenvalue weighted by Crippen LogP contribution is 2.39. The van der Waals surface area contributed by atoms with Gasteiger partial charge in [0.15, 0.2) is 11.9 Å². The number of hydrogen-bond acceptors (Lipinski definition) is 10. The van der Waals surface area contributed by atoms with E-state index in [-0.39, 0.29) is 24.3 Å². The van der Waals surface area contributed by atoms with Crippen LogP contribution in [0.1, 0.15) is 74.7 Å². The largest absolute Gasteiger partial charge is 0.455 e. The molecule has 0 saturated carbocycles. The summed E-state index contributed by atoms with van der Waals surface area (Å²) in [7, 11) is 5.38. The van der Waals surface area contributed by atoms with E-state index in [1.54, 1.807) is 34.0 Å². The van der Waals surface area contributed by atoms with Crippen LogP contribution in [0.3, 0.4) is 0 Å². The predicted molar refractivity (Wildman–Crippen MR) is 156 cm³/mol. The summed E-state index contributed by atoms with van der Waals surface area (Å²) in [4.78, 5) is 41.7. The molecule has 2 fully saturated rings. The summed E-state index contributed by atoms with van der Waals surface area (Å²) >= 11 is 0. The second kappa shape index (κ2) is 13.3. The number of Topliss-reactive ketones (excluding diaryl/α,β-unsaturated/α-hetero) is 1. The third-order valence-electron chi connectivity index (χ3n) is 9.55. The fourth-order valence-corrected chi connectivity index (χ4v) is 7.09. The van der Waals surface area contributed by atoms with Gasteiger partial charge < -0.3 is 39.0 Å². The van der Waals surface area contributed by atoms with E-state index in [0.29, 0.717) is 18.4 Å². The lowest BCUT2D eigenvalue weighted by Crippen LogP contribution is -2.58. The molecule has 0 unspecified atom stereocenters. The first-order valence-electron chi connectivity index (χ1n) is 15.1. The van der Waals surface area contributed by atoms with Crippen LogP contribution in [0.25, 0.3) is 0 Å². The topological polar surface area (TPSA) is 133 Å². The summed E-state index contributed by atoms with van der Waals surface area (Å²) in [6.45, 7) is 14.5. The van der Waals surface area contributed by atoms with Gasteiger partial charge in [-0.1, -0.05) is 33.8 Å². The molecule has 1 amide bonds. The zero-order valence-corrected chi connectivity index (χ0v) is 27.1. The third kappa shape index (κ3) is 6.85. The van der Waals surface area contributed by atoms with Crippen molar-refractivity contribution in [2.45, 2.75) is 129 Å². The zero-order valence-electron chi connectivity index (χ0n) is 27.1. The maximum Gasteiger partial charge on any atom is 0.408 e. The summed E-state index contributed by atoms with van der Waals surface area (Å²) in [6.07, 6.45) is -1.13. The van der Waals surface area contributed by atoms with Crippen molar-refractivity contribution in [1.82, 2.24) is 10.2 Å². The van der Waals surface area contributed by atoms with Gasteiger partial charge in [-0.2, -0.15) is 0 Å². The monoisotopic (exact) mass is 596 g/mol. The van der Waals surface area contributed by atoms with Gasteiger partial charge >= 0.3 is 12.1 Å². The number of esters is 1. The average Bonchev–Trinajstić information content (AvgIpc) is 3.24. The number of hydrogen-bond donors (Lipinski definition) is 2. The Bertz CT molecular complexity index is 1030. The quantitative estimate of drug-likeness (QED) is 0.456. The molecule has 11 heteroatoms. The molecule has 3 aliphatic rings. The van der Waals surface area contributed by atoms with Gasteiger partial charge in [-0.3, -0.25) is 4.79 Å². The number of amides is 1. The fraction of sp³-hybridized carbons (Fsp3) is 0.839. The summed E-state index contributed by atoms with van der Waals surface area (Å²) in [5.41, 5.74) is -1.91. The molecule has 0 aliphatic carbocycles. The van der Waals surface area contributed by atoms with E-state index < -0.39 is 71.7 Å². The Balaban J connectivity index is 2.08. The first-order chi connectivity index (χ1) is 19.5. The van der Waals surface area contributed by atoms with Gasteiger partial charge in [-0.25, -0.2) is 9.59 Å². The van der Waals surface area contributed by atoms with E-state index in [2.05, 4.69) is 5.32 Å². The molecule has 0 spiro atoms. The maximum atomic E-state index is 13.9. The number of alkyl carbamates (subject to hydrolysis) is 1. The highest BCUT2D eigenvalue weighted by molar-refractivity contribution is 5.88. The molecule has 0 bridgehead atoms. The number of aliphatic hydroxyl groups is 1. The number of likely N-dealkylation sites (N-methyl/N-ethyl adjacent to an activating group) is 1. The number of ketones is 1. The second-order valence-corrected chi connectivity index (χ2v) is 13.1. The SMILES string of the molecule is CC[C@H]1OC(=O)/C(C)=C/[C@H](C)[C@@H](O[C@@H]2O[C@H](C)C[C@H](N(C)C)[C@H]2O)[C@](C)(OC)C[C@@H](C)C(=O)[C@H](C)[C@H]2NC(=O)O[C@@]21C. The Morgan fingerprint density at radius 2 is 1.79 bits per heavy atom. The van der Waals surface area contributed by atoms with Crippen LogP contribution in [0.5, 0.6) is 0 Å². The molecule has 11 nitrogen and oxygen atoms in total. The lowest BCUT2D eigenvalue weighted by atomic mass is 9.74. The predicted octanol–water partition coefficient (Wildman–Crippen LogP) is 3.22. The number of rotatable bonds is 5. The normalized spacial score (nSPS) is 45.3. The molecular weight excluding hydrogens is 544 g/mol. The van der Waals surface area contributed by atoms with E-state index in [0.717, 1.165) is 0 Å². The van der Waals surface area contributed by atoms with Crippen LogP contribution in [0.2, 0.25) is 0 Å². The minimum absolute atomic E-state index is 0.0908. The van der Waals surface area contributed by atoms with Crippen molar-refractivity contribution < 1.29 is 43.2 Å². The van der Waals surface area contributed by atoms with Crippen molar-refractivity contribution in [2.75, 3.05) is 21.2 Å². The molecule has 2 saturated heterocycles. The Labute approximate surface area is 250 Å². The van der Waals surface area contributed by atoms with Crippen molar-refractivity contribution >= 4 is 17.8 Å². The lowest BCUT2D eigenvalue weighted by molar-refractivity contribution is -0.294. The van der Waals surface area contributed by atoms with E-state index in [1.807, 2.05) is 53.6 Å². The molecule has 3 heterocycles. The van der Waals surface area contributed by atoms with Gasteiger partial charge in [0.2, 0.25) is 0 Å². The zero-order chi connectivity index (χ0) is 31.7. The fourth-order valence-electron chi connectivity index (χ4n) is 7.09. The number of ether oxygens (including phenoxy) is 5. The molecule has 3 aliphatic heterocycles. The molecule has 0 aromatic rings. The minimum Gasteiger partial charge on any atom is -0.455 e. The molecule has 240 valence electrons. The van der Waals surface area contributed by atoms with Crippen LogP contribution in [0, 0.1) is 17.8 Å². The van der Waals surface area contributed by atoms with E-state index in [4.69, 9.17) is 23.7 Å². The number of carbonyl (C=O) groups excluding carboxylic acids is 3. The van der Waals surface area contributed by atoms with Crippen LogP contribution < -0.4 is 5.32 Å². The minimum atomic E-state index is -1.24. The van der Waals surface area contributed by atoms with Crippen LogP contribution >= 0.6 is 0 Å². The van der Waals surface area contributed by atoms with Crippen molar-refractivity contribution in [3.63, 3.8) is 0 Å². The van der Waals surface area contributed by atoms with Gasteiger partial charge in [-0.15, -0.1) is 0 Å². The van der Waals surface area contributed by atoms with Gasteiger partial charge in [0, 0.05) is 36.5 Å². The first kappa shape index (κ1) is 34.4. The van der Waals surface area contributed by atoms with Gasteiger partial charge in [-0.05, 0) is 61.1 Å². The van der Waals surface area contributed by atoms with E-state index >= 15 is 0 Å². The molecule has 0 aromatic heterocycles. The smallest absolute Gasteiger partial charge is 0.408 e. The van der Waals surface area contributed by atoms with Crippen molar-refractivity contribution in [1.29, 1.82) is 0 Å². The van der Waals surface area contributed by atoms with Crippen molar-refractivity contribution in [3.05, 3.63) is 11.6 Å². The third-order valence-corrected chi connectivity index (χ3v) is 9.55. The molecule has 3 rings (SSSR count). The number of nitrogens with zero attached hydrogens (tertiary/aromatic N) is 1. The second-order valence-electron chi connectivity index (χ2n) is 13.1. The molecular formula is C31H52N2O9. The van der Waals surface area contributed by atoms with E-state index in [9.17, 15) is 19.5 Å². The van der Waals surface area contributed by atoms with Crippen LogP contribution in [0.15, 0.2) is 11.6 Å². The van der Waals surface area contributed by atoms with Gasteiger partial charge in [0.1, 0.15) is 18.0 Å². The van der Waals surface area contributed by atoms with Gasteiger partial charge in [0.05, 0.1) is 23.9 Å². The van der Waals surface area contributed by atoms with Crippen LogP contribution in [-0.2, 0) is 33.3 Å². The first-order valence-corrected chi connectivity index (χ1v) is 15.1. The lowest BCUT2D eigenvalue weighted by Gasteiger charge is -2.46. The van der Waals surface area contributed by atoms with Crippen LogP contribution in [0.4, 0.5) is 4.79 Å². The molecule has 2 N–H and O–H groups in total. The highest BCUT2D eigenvalue weighted by Gasteiger charge is 2.56. The van der Waals surface area contributed by atoms with E-state index in [1.165, 1.54) is 0 Å². The summed E-state index contributed by atoms with van der Waals surface area (Å²) in [5.74, 6) is -2.20. The maximum absolute atomic E-state index is 13.9. The number of carbonyl (C=O) groups is 3. The Morgan fingerprint density at radius 1 is 1.14 bits per heavy atom. The van der Waals surface area contributed by atoms with Crippen molar-refractivity contribution in [3.8, 4) is 0 Å². The molecule has 12 atom stereocenters. The van der Waals surface area contributed by atoms with Crippen molar-refractivity contribution in [2.24, 2.45) is 17.8 Å². The Kier molecular flexibility index (Phi) is 10.9. The molecule has 42 heavy (non-hydrogen) atoms. The standard InChI is InChI=1S/C31H52N2O9/c1-12-22-31(8)25(32-29(37)42-31)20(6)23(34)18(4)15-30(7,38-11)26(16(2)13-17(3)27(36)40-22)41-28-24(35)21(33(9)10)14-19(5)39-28/h13,16,18-22,24-26,28,35H,12,14-15H2,1-11H3,(H,32,37)/b17-13+/t16-,18+,19+,20-,21-,22+,24+,25+,26+,28-,30+,31+/m0/s1. The van der Waals surface area contributed by atoms with Gasteiger partial charge in [0.25, 0.3) is 0 Å². The summed E-state index contributed by atoms with van der Waals surface area (Å²) < 4.78 is 30.4. The Hall–Kier alpha value is -2.05. The number of nitrogens with one attached hydrogen (secondary N) is 1. The molecule has 0 aromatic carbocycles. The Morgan fingerprint density at radius 3 is 2.36 bits per heavy atom. The molecule has 0 radical (unpaired) electrons. The summed E-state index contributed by atoms with van der Waals surface area (Å²) in [6, 6.07) is -0.890. The number of aliphatic hydroxyl groups excluding tert-OH is 1.